The number of hydrogen-bond acceptors (Lipinski definition) is 3. The Morgan fingerprint density at radius 3 is 2.95 bits per heavy atom. The molecule has 0 unspecified atom stereocenters. The quantitative estimate of drug-likeness (QED) is 0.643. The van der Waals surface area contributed by atoms with Crippen LogP contribution in [0.1, 0.15) is 23.2 Å². The van der Waals surface area contributed by atoms with Crippen LogP contribution in [0.2, 0.25) is 0 Å². The maximum Gasteiger partial charge on any atom is 0.180 e. The third-order valence-corrected chi connectivity index (χ3v) is 5.32. The van der Waals surface area contributed by atoms with Crippen LogP contribution in [-0.4, -0.2) is 34.8 Å². The Morgan fingerprint density at radius 2 is 2.18 bits per heavy atom. The van der Waals surface area contributed by atoms with Crippen LogP contribution in [0.25, 0.3) is 10.9 Å². The van der Waals surface area contributed by atoms with Crippen molar-refractivity contribution in [3.05, 3.63) is 54.7 Å². The SMILES string of the molecule is C=C[C@H]1C[N@]2CC[C@H]1C[C@@H]2C(=O)c1ccnc2ccccc12. The summed E-state index contributed by atoms with van der Waals surface area (Å²) in [7, 11) is 0. The molecule has 3 aliphatic heterocycles. The molecule has 112 valence electrons. The predicted octanol–water partition coefficient (Wildman–Crippen LogP) is 3.31. The smallest absolute Gasteiger partial charge is 0.180 e. The number of para-hydroxylation sites is 1. The van der Waals surface area contributed by atoms with Crippen molar-refractivity contribution in [2.24, 2.45) is 11.8 Å². The zero-order valence-electron chi connectivity index (χ0n) is 12.6. The lowest BCUT2D eigenvalue weighted by molar-refractivity contribution is 0.0205. The minimum absolute atomic E-state index is 0.0285. The summed E-state index contributed by atoms with van der Waals surface area (Å²) in [5.41, 5.74) is 1.71. The van der Waals surface area contributed by atoms with Crippen molar-refractivity contribution < 1.29 is 4.79 Å². The molecule has 0 spiro atoms. The third-order valence-electron chi connectivity index (χ3n) is 5.32. The van der Waals surface area contributed by atoms with E-state index in [9.17, 15) is 4.79 Å². The van der Waals surface area contributed by atoms with E-state index in [0.717, 1.165) is 36.0 Å². The molecule has 0 aliphatic carbocycles. The maximum absolute atomic E-state index is 13.1. The second-order valence-corrected chi connectivity index (χ2v) is 6.43. The zero-order valence-corrected chi connectivity index (χ0v) is 12.6. The Morgan fingerprint density at radius 1 is 1.32 bits per heavy atom. The topological polar surface area (TPSA) is 33.2 Å². The van der Waals surface area contributed by atoms with Gasteiger partial charge in [-0.3, -0.25) is 14.7 Å². The number of aromatic nitrogens is 1. The van der Waals surface area contributed by atoms with Crippen LogP contribution in [0, 0.1) is 11.8 Å². The summed E-state index contributed by atoms with van der Waals surface area (Å²) in [6, 6.07) is 9.80. The number of carbonyl (C=O) groups excluding carboxylic acids is 1. The molecule has 5 rings (SSSR count). The summed E-state index contributed by atoms with van der Waals surface area (Å²) in [5, 5.41) is 0.970. The number of Topliss-reactive ketones (excluding diaryl/α,β-unsaturated/α-hetero) is 1. The average molecular weight is 292 g/mol. The van der Waals surface area contributed by atoms with Gasteiger partial charge in [0, 0.05) is 23.7 Å². The largest absolute Gasteiger partial charge is 0.293 e. The van der Waals surface area contributed by atoms with Crippen LogP contribution < -0.4 is 0 Å². The van der Waals surface area contributed by atoms with Gasteiger partial charge in [0.05, 0.1) is 11.6 Å². The summed E-state index contributed by atoms with van der Waals surface area (Å²) in [6.07, 6.45) is 5.97. The molecule has 4 heterocycles. The molecular weight excluding hydrogens is 272 g/mol. The number of rotatable bonds is 3. The number of carbonyl (C=O) groups is 1. The molecular formula is C19H20N2O. The highest BCUT2D eigenvalue weighted by Crippen LogP contribution is 2.38. The van der Waals surface area contributed by atoms with Gasteiger partial charge in [-0.25, -0.2) is 0 Å². The second-order valence-electron chi connectivity index (χ2n) is 6.43. The van der Waals surface area contributed by atoms with Crippen LogP contribution in [0.4, 0.5) is 0 Å². The second kappa shape index (κ2) is 5.33. The standard InChI is InChI=1S/C19H20N2O/c1-2-13-12-21-10-8-14(13)11-18(21)19(22)16-7-9-20-17-6-4-3-5-15(16)17/h2-7,9,13-14,18H,1,8,10-12H2/t13-,14-,18+/m0/s1. The maximum atomic E-state index is 13.1. The van der Waals surface area contributed by atoms with Gasteiger partial charge in [-0.2, -0.15) is 0 Å². The lowest BCUT2D eigenvalue weighted by atomic mass is 9.74. The molecule has 3 aliphatic rings. The van der Waals surface area contributed by atoms with Crippen LogP contribution in [0.5, 0.6) is 0 Å². The molecule has 0 N–H and O–H groups in total. The van der Waals surface area contributed by atoms with E-state index in [1.807, 2.05) is 30.3 Å². The van der Waals surface area contributed by atoms with Crippen molar-refractivity contribution in [1.29, 1.82) is 0 Å². The number of ketones is 1. The number of hydrogen-bond donors (Lipinski definition) is 0. The number of piperidine rings is 3. The molecule has 1 aromatic carbocycles. The lowest BCUT2D eigenvalue weighted by Gasteiger charge is -2.48. The average Bonchev–Trinajstić information content (AvgIpc) is 2.60. The molecule has 4 atom stereocenters. The van der Waals surface area contributed by atoms with Crippen LogP contribution in [-0.2, 0) is 0 Å². The van der Waals surface area contributed by atoms with Crippen molar-refractivity contribution in [2.45, 2.75) is 18.9 Å². The Kier molecular flexibility index (Phi) is 3.30. The molecule has 3 fully saturated rings. The van der Waals surface area contributed by atoms with E-state index in [1.54, 1.807) is 6.20 Å². The molecule has 0 amide bonds. The molecule has 2 aromatic rings. The minimum atomic E-state index is 0.0285. The van der Waals surface area contributed by atoms with Gasteiger partial charge in [0.2, 0.25) is 0 Å². The van der Waals surface area contributed by atoms with E-state index in [2.05, 4.69) is 22.5 Å². The fourth-order valence-electron chi connectivity index (χ4n) is 4.10. The number of pyridine rings is 1. The number of benzene rings is 1. The van der Waals surface area contributed by atoms with E-state index in [0.29, 0.717) is 11.8 Å². The first kappa shape index (κ1) is 13.6. The summed E-state index contributed by atoms with van der Waals surface area (Å²) in [6.45, 7) is 5.97. The Labute approximate surface area is 130 Å². The van der Waals surface area contributed by atoms with E-state index in [-0.39, 0.29) is 11.8 Å². The Balaban J connectivity index is 1.69. The number of nitrogens with zero attached hydrogens (tertiary/aromatic N) is 2. The van der Waals surface area contributed by atoms with E-state index in [1.165, 1.54) is 6.42 Å². The van der Waals surface area contributed by atoms with Crippen molar-refractivity contribution in [3.63, 3.8) is 0 Å². The molecule has 0 saturated carbocycles. The zero-order chi connectivity index (χ0) is 15.1. The van der Waals surface area contributed by atoms with Gasteiger partial charge < -0.3 is 0 Å². The molecule has 2 bridgehead atoms. The molecule has 22 heavy (non-hydrogen) atoms. The fraction of sp³-hybridized carbons (Fsp3) is 0.368. The summed E-state index contributed by atoms with van der Waals surface area (Å²) in [5.74, 6) is 1.42. The lowest BCUT2D eigenvalue weighted by Crippen LogP contribution is -2.55. The third kappa shape index (κ3) is 2.08. The fourth-order valence-corrected chi connectivity index (χ4v) is 4.10. The molecule has 3 nitrogen and oxygen atoms in total. The molecule has 0 radical (unpaired) electrons. The van der Waals surface area contributed by atoms with Crippen LogP contribution >= 0.6 is 0 Å². The van der Waals surface area contributed by atoms with Crippen LogP contribution in [0.15, 0.2) is 49.2 Å². The Bertz CT molecular complexity index is 734. The first-order valence-electron chi connectivity index (χ1n) is 8.02. The molecule has 1 aromatic heterocycles. The highest BCUT2D eigenvalue weighted by molar-refractivity contribution is 6.09. The van der Waals surface area contributed by atoms with Gasteiger partial charge in [-0.15, -0.1) is 6.58 Å². The van der Waals surface area contributed by atoms with Gasteiger partial charge in [0.1, 0.15) is 0 Å². The van der Waals surface area contributed by atoms with Crippen molar-refractivity contribution in [2.75, 3.05) is 13.1 Å². The van der Waals surface area contributed by atoms with Gasteiger partial charge >= 0.3 is 0 Å². The van der Waals surface area contributed by atoms with Crippen LogP contribution in [0.3, 0.4) is 0 Å². The summed E-state index contributed by atoms with van der Waals surface area (Å²) in [4.78, 5) is 19.8. The van der Waals surface area contributed by atoms with Gasteiger partial charge in [0.25, 0.3) is 0 Å². The first-order valence-corrected chi connectivity index (χ1v) is 8.02. The minimum Gasteiger partial charge on any atom is -0.293 e. The van der Waals surface area contributed by atoms with E-state index < -0.39 is 0 Å². The highest BCUT2D eigenvalue weighted by atomic mass is 16.1. The van der Waals surface area contributed by atoms with Crippen molar-refractivity contribution in [1.82, 2.24) is 9.88 Å². The molecule has 3 heteroatoms. The predicted molar refractivity (Wildman–Crippen MR) is 87.8 cm³/mol. The summed E-state index contributed by atoms with van der Waals surface area (Å²) >= 11 is 0. The van der Waals surface area contributed by atoms with Gasteiger partial charge in [-0.1, -0.05) is 24.3 Å². The number of fused-ring (bicyclic) bond motifs is 4. The van der Waals surface area contributed by atoms with E-state index >= 15 is 0 Å². The first-order chi connectivity index (χ1) is 10.8. The van der Waals surface area contributed by atoms with Gasteiger partial charge in [-0.05, 0) is 43.4 Å². The Hall–Kier alpha value is -2.00. The monoisotopic (exact) mass is 292 g/mol. The van der Waals surface area contributed by atoms with E-state index in [4.69, 9.17) is 0 Å². The summed E-state index contributed by atoms with van der Waals surface area (Å²) < 4.78 is 0. The normalized spacial score (nSPS) is 30.4. The molecule has 3 saturated heterocycles. The van der Waals surface area contributed by atoms with Crippen molar-refractivity contribution >= 4 is 16.7 Å². The highest BCUT2D eigenvalue weighted by Gasteiger charge is 2.42. The van der Waals surface area contributed by atoms with Crippen molar-refractivity contribution in [3.8, 4) is 0 Å². The van der Waals surface area contributed by atoms with Gasteiger partial charge in [0.15, 0.2) is 5.78 Å².